The molecule has 2 aromatic carbocycles. The van der Waals surface area contributed by atoms with Gasteiger partial charge in [0.15, 0.2) is 5.78 Å². The number of Topliss-reactive ketones (excluding diaryl/α,β-unsaturated/α-hetero) is 1. The van der Waals surface area contributed by atoms with Crippen molar-refractivity contribution >= 4 is 23.7 Å². The summed E-state index contributed by atoms with van der Waals surface area (Å²) in [5.41, 5.74) is -2.40. The van der Waals surface area contributed by atoms with Gasteiger partial charge in [0.2, 0.25) is 11.8 Å². The number of phenols is 2. The van der Waals surface area contributed by atoms with E-state index in [1.807, 2.05) is 4.98 Å². The van der Waals surface area contributed by atoms with E-state index in [2.05, 4.69) is 5.32 Å². The molecule has 11 nitrogen and oxygen atoms in total. The normalized spacial score (nSPS) is 17.2. The fourth-order valence-electron chi connectivity index (χ4n) is 3.60. The number of hydrogen-bond acceptors (Lipinski definition) is 8. The number of aromatic amines is 1. The van der Waals surface area contributed by atoms with Crippen molar-refractivity contribution in [3.8, 4) is 23.1 Å². The van der Waals surface area contributed by atoms with Crippen molar-refractivity contribution in [1.82, 2.24) is 14.9 Å². The van der Waals surface area contributed by atoms with E-state index in [1.54, 1.807) is 0 Å². The number of aromatic hydroxyl groups is 3. The van der Waals surface area contributed by atoms with E-state index in [0.717, 1.165) is 22.8 Å². The molecule has 2 amide bonds. The number of piperidine rings is 1. The van der Waals surface area contributed by atoms with E-state index < -0.39 is 46.2 Å². The van der Waals surface area contributed by atoms with Crippen molar-refractivity contribution in [2.24, 2.45) is 0 Å². The molecule has 1 saturated heterocycles. The monoisotopic (exact) mass is 475 g/mol. The maximum absolute atomic E-state index is 12.9. The molecule has 2 heterocycles. The van der Waals surface area contributed by atoms with Crippen molar-refractivity contribution in [1.29, 1.82) is 0 Å². The van der Waals surface area contributed by atoms with Crippen molar-refractivity contribution < 1.29 is 29.7 Å². The summed E-state index contributed by atoms with van der Waals surface area (Å²) in [5.74, 6) is -5.09. The minimum atomic E-state index is -1.37. The number of carbonyl (C=O) groups excluding carboxylic acids is 3. The maximum atomic E-state index is 12.9. The van der Waals surface area contributed by atoms with Crippen LogP contribution >= 0.6 is 0 Å². The molecule has 1 aliphatic rings. The Hall–Kier alpha value is -5.19. The quantitative estimate of drug-likeness (QED) is 0.157. The number of allylic oxidation sites excluding steroid dienone is 2. The van der Waals surface area contributed by atoms with Gasteiger partial charge >= 0.3 is 5.69 Å². The highest BCUT2D eigenvalue weighted by atomic mass is 16.3. The van der Waals surface area contributed by atoms with Gasteiger partial charge in [-0.3, -0.25) is 29.5 Å². The fourth-order valence-corrected chi connectivity index (χ4v) is 3.60. The Kier molecular flexibility index (Phi) is 5.90. The summed E-state index contributed by atoms with van der Waals surface area (Å²) in [7, 11) is 0. The number of nitrogens with one attached hydrogen (secondary N) is 2. The number of carbonyl (C=O) groups is 3. The molecule has 11 heteroatoms. The first kappa shape index (κ1) is 23.0. The standard InChI is InChI=1S/C24H17N3O8/c28-14-6-1-4-12(10-14)18-19(30)16(20(31)25-22(18)33)8-3-9-17-21(32)26-24(35)27(23(17)34)13-5-2-7-15(29)11-13/h1-11,18,28-29,34H,(H,25,31,33)(H,26,32,35). The van der Waals surface area contributed by atoms with Crippen LogP contribution in [0.5, 0.6) is 17.4 Å². The Labute approximate surface area is 195 Å². The molecule has 1 unspecified atom stereocenters. The first-order valence-corrected chi connectivity index (χ1v) is 10.1. The Morgan fingerprint density at radius 1 is 0.886 bits per heavy atom. The number of hydrogen-bond donors (Lipinski definition) is 5. The summed E-state index contributed by atoms with van der Waals surface area (Å²) in [4.78, 5) is 64.0. The third kappa shape index (κ3) is 4.37. The molecule has 0 spiro atoms. The van der Waals surface area contributed by atoms with Gasteiger partial charge in [0.25, 0.3) is 11.5 Å². The summed E-state index contributed by atoms with van der Waals surface area (Å²) in [6.07, 6.45) is 3.26. The van der Waals surface area contributed by atoms with Crippen LogP contribution in [0.25, 0.3) is 11.8 Å². The summed E-state index contributed by atoms with van der Waals surface area (Å²) in [5, 5.41) is 32.0. The lowest BCUT2D eigenvalue weighted by Gasteiger charge is -2.22. The Balaban J connectivity index is 1.72. The zero-order valence-corrected chi connectivity index (χ0v) is 17.8. The average Bonchev–Trinajstić information content (AvgIpc) is 2.77. The molecule has 5 N–H and O–H groups in total. The molecule has 0 aliphatic carbocycles. The van der Waals surface area contributed by atoms with E-state index >= 15 is 0 Å². The second-order valence-corrected chi connectivity index (χ2v) is 7.50. The minimum absolute atomic E-state index is 0.0751. The minimum Gasteiger partial charge on any atom is -0.508 e. The molecule has 1 fully saturated rings. The van der Waals surface area contributed by atoms with Crippen molar-refractivity contribution in [3.05, 3.63) is 98.2 Å². The second-order valence-electron chi connectivity index (χ2n) is 7.50. The molecule has 0 radical (unpaired) electrons. The summed E-state index contributed by atoms with van der Waals surface area (Å²) in [6.45, 7) is 0. The second kappa shape index (κ2) is 8.98. The van der Waals surface area contributed by atoms with E-state index in [-0.39, 0.29) is 28.3 Å². The third-order valence-electron chi connectivity index (χ3n) is 5.21. The number of phenolic OH excluding ortho intramolecular Hbond substituents is 2. The van der Waals surface area contributed by atoms with Crippen LogP contribution < -0.4 is 16.6 Å². The van der Waals surface area contributed by atoms with Gasteiger partial charge in [-0.05, 0) is 42.0 Å². The van der Waals surface area contributed by atoms with Gasteiger partial charge in [0.05, 0.1) is 11.3 Å². The summed E-state index contributed by atoms with van der Waals surface area (Å²) >= 11 is 0. The first-order chi connectivity index (χ1) is 16.7. The topological polar surface area (TPSA) is 179 Å². The van der Waals surface area contributed by atoms with Crippen LogP contribution in [0.1, 0.15) is 17.0 Å². The average molecular weight is 475 g/mol. The number of aromatic nitrogens is 2. The Morgan fingerprint density at radius 2 is 1.57 bits per heavy atom. The number of ketones is 1. The third-order valence-corrected chi connectivity index (χ3v) is 5.21. The highest BCUT2D eigenvalue weighted by Gasteiger charge is 2.39. The predicted molar refractivity (Wildman–Crippen MR) is 122 cm³/mol. The number of benzene rings is 2. The van der Waals surface area contributed by atoms with Gasteiger partial charge in [-0.25, -0.2) is 9.36 Å². The predicted octanol–water partition coefficient (Wildman–Crippen LogP) is 0.591. The lowest BCUT2D eigenvalue weighted by atomic mass is 9.86. The maximum Gasteiger partial charge on any atom is 0.335 e. The summed E-state index contributed by atoms with van der Waals surface area (Å²) in [6, 6.07) is 10.9. The molecule has 35 heavy (non-hydrogen) atoms. The molecule has 1 aliphatic heterocycles. The molecule has 176 valence electrons. The van der Waals surface area contributed by atoms with Gasteiger partial charge in [-0.1, -0.05) is 24.3 Å². The molecular formula is C24H17N3O8. The number of nitrogens with zero attached hydrogens (tertiary/aromatic N) is 1. The highest BCUT2D eigenvalue weighted by Crippen LogP contribution is 2.27. The van der Waals surface area contributed by atoms with Crippen LogP contribution in [-0.2, 0) is 14.4 Å². The molecule has 3 aromatic rings. The van der Waals surface area contributed by atoms with Gasteiger partial charge < -0.3 is 15.3 Å². The van der Waals surface area contributed by atoms with Crippen LogP contribution in [0.2, 0.25) is 0 Å². The molecule has 1 aromatic heterocycles. The van der Waals surface area contributed by atoms with E-state index in [1.165, 1.54) is 48.5 Å². The highest BCUT2D eigenvalue weighted by molar-refractivity contribution is 6.34. The van der Waals surface area contributed by atoms with Crippen molar-refractivity contribution in [2.75, 3.05) is 0 Å². The largest absolute Gasteiger partial charge is 0.508 e. The molecule has 4 rings (SSSR count). The zero-order chi connectivity index (χ0) is 25.3. The summed E-state index contributed by atoms with van der Waals surface area (Å²) < 4.78 is 0.753. The van der Waals surface area contributed by atoms with Gasteiger partial charge in [0, 0.05) is 6.07 Å². The molecule has 0 saturated carbocycles. The van der Waals surface area contributed by atoms with E-state index in [9.17, 15) is 39.3 Å². The van der Waals surface area contributed by atoms with Gasteiger partial charge in [0.1, 0.15) is 23.0 Å². The number of imide groups is 1. The molecule has 1 atom stereocenters. The fraction of sp³-hybridized carbons (Fsp3) is 0.0417. The van der Waals surface area contributed by atoms with Crippen LogP contribution in [0.4, 0.5) is 0 Å². The Bertz CT molecular complexity index is 1560. The van der Waals surface area contributed by atoms with Crippen LogP contribution in [0, 0.1) is 0 Å². The van der Waals surface area contributed by atoms with Crippen LogP contribution in [0.15, 0.2) is 75.8 Å². The van der Waals surface area contributed by atoms with Crippen LogP contribution in [0.3, 0.4) is 0 Å². The molecule has 0 bridgehead atoms. The number of rotatable bonds is 4. The number of H-pyrrole nitrogens is 1. The van der Waals surface area contributed by atoms with Crippen LogP contribution in [-0.4, -0.2) is 42.5 Å². The van der Waals surface area contributed by atoms with Crippen molar-refractivity contribution in [2.45, 2.75) is 5.92 Å². The van der Waals surface area contributed by atoms with Gasteiger partial charge in [-0.2, -0.15) is 0 Å². The lowest BCUT2D eigenvalue weighted by Crippen LogP contribution is -2.46. The number of amides is 2. The van der Waals surface area contributed by atoms with E-state index in [4.69, 9.17) is 0 Å². The Morgan fingerprint density at radius 3 is 2.26 bits per heavy atom. The van der Waals surface area contributed by atoms with Gasteiger partial charge in [-0.15, -0.1) is 0 Å². The SMILES string of the molecule is O=C1NC(=O)C(c2cccc(O)c2)C(=O)C1=CC=Cc1c(O)n(-c2cccc(O)c2)c(=O)[nH]c1=O. The zero-order valence-electron chi connectivity index (χ0n) is 17.8. The first-order valence-electron chi connectivity index (χ1n) is 10.1. The lowest BCUT2D eigenvalue weighted by molar-refractivity contribution is -0.136. The smallest absolute Gasteiger partial charge is 0.335 e. The van der Waals surface area contributed by atoms with Crippen molar-refractivity contribution in [3.63, 3.8) is 0 Å². The molecular weight excluding hydrogens is 458 g/mol. The van der Waals surface area contributed by atoms with E-state index in [0.29, 0.717) is 0 Å².